The van der Waals surface area contributed by atoms with Crippen molar-refractivity contribution < 1.29 is 14.3 Å². The molecule has 4 atom stereocenters. The van der Waals surface area contributed by atoms with Crippen molar-refractivity contribution >= 4 is 28.8 Å². The Morgan fingerprint density at radius 3 is 2.84 bits per heavy atom. The van der Waals surface area contributed by atoms with Crippen LogP contribution in [0, 0.1) is 11.8 Å². The number of ether oxygens (including phenoxy) is 1. The number of hydrogen-bond acceptors (Lipinski definition) is 5. The van der Waals surface area contributed by atoms with Crippen molar-refractivity contribution in [1.82, 2.24) is 5.32 Å². The first kappa shape index (κ1) is 11.8. The summed E-state index contributed by atoms with van der Waals surface area (Å²) in [4.78, 5) is 27.8. The average molecular weight is 280 g/mol. The van der Waals surface area contributed by atoms with E-state index in [0.29, 0.717) is 24.2 Å². The van der Waals surface area contributed by atoms with Crippen LogP contribution < -0.4 is 5.32 Å². The molecule has 2 heterocycles. The quantitative estimate of drug-likeness (QED) is 0.575. The molecule has 3 fully saturated rings. The van der Waals surface area contributed by atoms with Crippen LogP contribution in [-0.4, -0.2) is 34.4 Å². The molecule has 0 aromatic carbocycles. The molecule has 2 saturated carbocycles. The maximum atomic E-state index is 12.0. The third-order valence-corrected chi connectivity index (χ3v) is 6.18. The van der Waals surface area contributed by atoms with Crippen molar-refractivity contribution in [2.75, 3.05) is 6.61 Å². The predicted molar refractivity (Wildman–Crippen MR) is 70.7 cm³/mol. The van der Waals surface area contributed by atoms with Gasteiger partial charge in [0.1, 0.15) is 0 Å². The molecular weight excluding hydrogens is 264 g/mol. The Morgan fingerprint density at radius 2 is 2.21 bits per heavy atom. The lowest BCUT2D eigenvalue weighted by molar-refractivity contribution is -0.142. The molecule has 2 aliphatic carbocycles. The van der Waals surface area contributed by atoms with E-state index in [9.17, 15) is 9.59 Å². The number of aliphatic imine (C=N–C) groups is 1. The first-order valence-corrected chi connectivity index (χ1v) is 7.75. The molecule has 6 heteroatoms. The number of amides is 1. The van der Waals surface area contributed by atoms with Gasteiger partial charge in [0.25, 0.3) is 5.91 Å². The lowest BCUT2D eigenvalue weighted by atomic mass is 9.96. The van der Waals surface area contributed by atoms with E-state index in [1.807, 2.05) is 0 Å². The van der Waals surface area contributed by atoms with Crippen LogP contribution in [0.15, 0.2) is 4.99 Å². The van der Waals surface area contributed by atoms with Crippen LogP contribution in [0.1, 0.15) is 32.1 Å². The zero-order valence-electron chi connectivity index (χ0n) is 10.6. The van der Waals surface area contributed by atoms with Gasteiger partial charge in [0.05, 0.1) is 6.61 Å². The summed E-state index contributed by atoms with van der Waals surface area (Å²) in [5.74, 6) is 0.799. The molecule has 2 aliphatic heterocycles. The Balaban J connectivity index is 1.48. The summed E-state index contributed by atoms with van der Waals surface area (Å²) in [7, 11) is 0. The molecule has 19 heavy (non-hydrogen) atoms. The van der Waals surface area contributed by atoms with Crippen molar-refractivity contribution in [2.24, 2.45) is 16.8 Å². The number of cyclic esters (lactones) is 1. The Labute approximate surface area is 115 Å². The van der Waals surface area contributed by atoms with Gasteiger partial charge in [-0.05, 0) is 31.1 Å². The van der Waals surface area contributed by atoms with Gasteiger partial charge in [-0.2, -0.15) is 4.99 Å². The maximum Gasteiger partial charge on any atom is 0.332 e. The topological polar surface area (TPSA) is 67.8 Å². The number of nitrogens with one attached hydrogen (secondary N) is 1. The lowest BCUT2D eigenvalue weighted by Gasteiger charge is -2.24. The molecule has 1 amide bonds. The van der Waals surface area contributed by atoms with Gasteiger partial charge in [-0.3, -0.25) is 4.79 Å². The SMILES string of the molecule is O=C1N=C(N[C@H]2C[C@H]3CC[C@H]2C3)SC12CCOC2=O. The standard InChI is InChI=1S/C13H16N2O3S/c16-10-13(3-4-18-11(13)17)19-12(15-10)14-9-6-7-1-2-8(9)5-7/h7-9H,1-6H2,(H,14,15,16)/t7-,8-,9-,13?/m0/s1. The lowest BCUT2D eigenvalue weighted by Crippen LogP contribution is -2.39. The maximum absolute atomic E-state index is 12.0. The highest BCUT2D eigenvalue weighted by Gasteiger charge is 2.57. The largest absolute Gasteiger partial charge is 0.464 e. The van der Waals surface area contributed by atoms with E-state index in [4.69, 9.17) is 4.74 Å². The summed E-state index contributed by atoms with van der Waals surface area (Å²) in [5.41, 5.74) is 0. The minimum absolute atomic E-state index is 0.328. The summed E-state index contributed by atoms with van der Waals surface area (Å²) in [6.45, 7) is 0.328. The number of carbonyl (C=O) groups is 2. The highest BCUT2D eigenvalue weighted by Crippen LogP contribution is 2.46. The number of fused-ring (bicyclic) bond motifs is 2. The van der Waals surface area contributed by atoms with Crippen molar-refractivity contribution in [2.45, 2.75) is 42.9 Å². The molecule has 5 nitrogen and oxygen atoms in total. The van der Waals surface area contributed by atoms with Gasteiger partial charge in [0.2, 0.25) is 4.75 Å². The second kappa shape index (κ2) is 3.98. The summed E-state index contributed by atoms with van der Waals surface area (Å²) in [6, 6.07) is 0.436. The van der Waals surface area contributed by atoms with Crippen LogP contribution in [0.4, 0.5) is 0 Å². The molecule has 0 aromatic rings. The molecule has 4 aliphatic rings. The van der Waals surface area contributed by atoms with Crippen LogP contribution in [0.2, 0.25) is 0 Å². The Morgan fingerprint density at radius 1 is 1.32 bits per heavy atom. The third-order valence-electron chi connectivity index (χ3n) is 4.88. The first-order valence-electron chi connectivity index (χ1n) is 6.93. The Hall–Kier alpha value is -1.04. The van der Waals surface area contributed by atoms with Gasteiger partial charge in [-0.15, -0.1) is 0 Å². The highest BCUT2D eigenvalue weighted by atomic mass is 32.2. The van der Waals surface area contributed by atoms with Gasteiger partial charge in [0, 0.05) is 12.5 Å². The van der Waals surface area contributed by atoms with Crippen LogP contribution in [0.25, 0.3) is 0 Å². The van der Waals surface area contributed by atoms with Crippen molar-refractivity contribution in [3.8, 4) is 0 Å². The smallest absolute Gasteiger partial charge is 0.332 e. The first-order chi connectivity index (χ1) is 9.17. The zero-order chi connectivity index (χ0) is 13.0. The minimum Gasteiger partial charge on any atom is -0.464 e. The van der Waals surface area contributed by atoms with Crippen LogP contribution in [0.5, 0.6) is 0 Å². The number of amidine groups is 1. The van der Waals surface area contributed by atoms with E-state index in [-0.39, 0.29) is 5.91 Å². The number of nitrogens with zero attached hydrogens (tertiary/aromatic N) is 1. The number of thioether (sulfide) groups is 1. The molecule has 4 rings (SSSR count). The van der Waals surface area contributed by atoms with Gasteiger partial charge >= 0.3 is 5.97 Å². The van der Waals surface area contributed by atoms with Crippen molar-refractivity contribution in [3.05, 3.63) is 0 Å². The van der Waals surface area contributed by atoms with E-state index >= 15 is 0 Å². The summed E-state index contributed by atoms with van der Waals surface area (Å²) < 4.78 is 3.88. The predicted octanol–water partition coefficient (Wildman–Crippen LogP) is 1.08. The molecule has 1 saturated heterocycles. The molecule has 102 valence electrons. The monoisotopic (exact) mass is 280 g/mol. The Bertz CT molecular complexity index is 492. The van der Waals surface area contributed by atoms with Gasteiger partial charge < -0.3 is 10.1 Å². The molecule has 1 N–H and O–H groups in total. The molecule has 1 unspecified atom stereocenters. The zero-order valence-corrected chi connectivity index (χ0v) is 11.4. The van der Waals surface area contributed by atoms with Gasteiger partial charge in [-0.25, -0.2) is 4.79 Å². The second-order valence-corrected chi connectivity index (χ2v) is 7.25. The van der Waals surface area contributed by atoms with E-state index < -0.39 is 10.7 Å². The van der Waals surface area contributed by atoms with E-state index in [1.165, 1.54) is 37.4 Å². The van der Waals surface area contributed by atoms with E-state index in [0.717, 1.165) is 11.8 Å². The fraction of sp³-hybridized carbons (Fsp3) is 0.769. The third kappa shape index (κ3) is 1.65. The molecule has 0 radical (unpaired) electrons. The van der Waals surface area contributed by atoms with Gasteiger partial charge in [0.15, 0.2) is 5.17 Å². The van der Waals surface area contributed by atoms with Crippen LogP contribution >= 0.6 is 11.8 Å². The van der Waals surface area contributed by atoms with Crippen LogP contribution in [0.3, 0.4) is 0 Å². The minimum atomic E-state index is -1.07. The number of carbonyl (C=O) groups excluding carboxylic acids is 2. The fourth-order valence-corrected chi connectivity index (χ4v) is 4.98. The van der Waals surface area contributed by atoms with E-state index in [2.05, 4.69) is 10.3 Å². The number of esters is 1. The Kier molecular flexibility index (Phi) is 2.46. The molecule has 2 bridgehead atoms. The van der Waals surface area contributed by atoms with Gasteiger partial charge in [-0.1, -0.05) is 18.2 Å². The van der Waals surface area contributed by atoms with Crippen molar-refractivity contribution in [3.63, 3.8) is 0 Å². The summed E-state index contributed by atoms with van der Waals surface area (Å²) in [5, 5.41) is 4.02. The fourth-order valence-electron chi connectivity index (χ4n) is 3.85. The summed E-state index contributed by atoms with van der Waals surface area (Å²) in [6.07, 6.45) is 5.55. The molecule has 0 aromatic heterocycles. The van der Waals surface area contributed by atoms with Crippen LogP contribution in [-0.2, 0) is 14.3 Å². The summed E-state index contributed by atoms with van der Waals surface area (Å²) >= 11 is 1.27. The molecular formula is C13H16N2O3S. The molecule has 1 spiro atoms. The number of hydrogen-bond donors (Lipinski definition) is 1. The van der Waals surface area contributed by atoms with E-state index in [1.54, 1.807) is 0 Å². The van der Waals surface area contributed by atoms with Crippen molar-refractivity contribution in [1.29, 1.82) is 0 Å². The second-order valence-electron chi connectivity index (χ2n) is 5.96. The highest BCUT2D eigenvalue weighted by molar-refractivity contribution is 8.16. The average Bonchev–Trinajstić information content (AvgIpc) is 3.10. The number of rotatable bonds is 1. The normalized spacial score (nSPS) is 44.0.